The molecule has 0 heteroatoms. The van der Waals surface area contributed by atoms with Crippen LogP contribution in [0.2, 0.25) is 0 Å². The minimum absolute atomic E-state index is 0.0983. The third-order valence-corrected chi connectivity index (χ3v) is 4.85. The number of hydrogen-bond donors (Lipinski definition) is 0. The first-order chi connectivity index (χ1) is 11.9. The highest BCUT2D eigenvalue weighted by atomic mass is 14.4. The van der Waals surface area contributed by atoms with Crippen LogP contribution in [0, 0.1) is 6.92 Å². The van der Waals surface area contributed by atoms with Crippen LogP contribution < -0.4 is 0 Å². The van der Waals surface area contributed by atoms with Crippen molar-refractivity contribution in [2.24, 2.45) is 0 Å². The van der Waals surface area contributed by atoms with E-state index in [1.54, 1.807) is 0 Å². The fraction of sp³-hybridized carbons (Fsp3) is 0.208. The highest BCUT2D eigenvalue weighted by Gasteiger charge is 2.35. The van der Waals surface area contributed by atoms with Crippen molar-refractivity contribution in [2.75, 3.05) is 0 Å². The van der Waals surface area contributed by atoms with Gasteiger partial charge in [0, 0.05) is 5.41 Å². The summed E-state index contributed by atoms with van der Waals surface area (Å²) in [4.78, 5) is 0. The molecule has 3 aromatic carbocycles. The predicted octanol–water partition coefficient (Wildman–Crippen LogP) is 6.42. The van der Waals surface area contributed by atoms with Gasteiger partial charge in [0.2, 0.25) is 0 Å². The van der Waals surface area contributed by atoms with Crippen molar-refractivity contribution in [3.63, 3.8) is 0 Å². The van der Waals surface area contributed by atoms with E-state index in [4.69, 9.17) is 0 Å². The lowest BCUT2D eigenvalue weighted by molar-refractivity contribution is 0.519. The molecule has 3 rings (SSSR count). The van der Waals surface area contributed by atoms with E-state index in [1.807, 2.05) is 0 Å². The Bertz CT molecular complexity index is 617. The van der Waals surface area contributed by atoms with E-state index in [0.717, 1.165) is 19.3 Å². The maximum absolute atomic E-state index is 4.02. The maximum atomic E-state index is 4.02. The Morgan fingerprint density at radius 2 is 0.917 bits per heavy atom. The highest BCUT2D eigenvalue weighted by Crippen LogP contribution is 2.43. The number of benzene rings is 3. The van der Waals surface area contributed by atoms with Crippen molar-refractivity contribution >= 4 is 0 Å². The second-order valence-electron chi connectivity index (χ2n) is 6.31. The zero-order valence-electron chi connectivity index (χ0n) is 14.2. The Hall–Kier alpha value is -2.34. The first-order valence-corrected chi connectivity index (χ1v) is 8.84. The van der Waals surface area contributed by atoms with E-state index < -0.39 is 0 Å². The third-order valence-electron chi connectivity index (χ3n) is 4.85. The van der Waals surface area contributed by atoms with Gasteiger partial charge < -0.3 is 0 Å². The summed E-state index contributed by atoms with van der Waals surface area (Å²) in [6.07, 6.45) is 4.42. The molecule has 0 heterocycles. The lowest BCUT2D eigenvalue weighted by Crippen LogP contribution is -2.29. The number of rotatable bonds is 7. The summed E-state index contributed by atoms with van der Waals surface area (Å²) >= 11 is 0. The van der Waals surface area contributed by atoms with Crippen molar-refractivity contribution in [3.05, 3.63) is 115 Å². The second-order valence-corrected chi connectivity index (χ2v) is 6.31. The Kier molecular flexibility index (Phi) is 5.48. The zero-order valence-corrected chi connectivity index (χ0v) is 14.2. The van der Waals surface area contributed by atoms with Gasteiger partial charge in [-0.2, -0.15) is 0 Å². The molecule has 3 aromatic rings. The van der Waals surface area contributed by atoms with Crippen LogP contribution in [0.5, 0.6) is 0 Å². The molecule has 0 unspecified atom stereocenters. The molecule has 0 bridgehead atoms. The fourth-order valence-electron chi connectivity index (χ4n) is 3.67. The van der Waals surface area contributed by atoms with Gasteiger partial charge in [0.15, 0.2) is 0 Å². The van der Waals surface area contributed by atoms with Gasteiger partial charge in [0.05, 0.1) is 0 Å². The third kappa shape index (κ3) is 3.28. The molecule has 1 radical (unpaired) electrons. The molecule has 0 nitrogen and oxygen atoms in total. The van der Waals surface area contributed by atoms with Gasteiger partial charge in [0.25, 0.3) is 0 Å². The minimum Gasteiger partial charge on any atom is -0.0622 e. The molecule has 121 valence electrons. The highest BCUT2D eigenvalue weighted by molar-refractivity contribution is 5.50. The van der Waals surface area contributed by atoms with Crippen LogP contribution in [0.25, 0.3) is 0 Å². The first kappa shape index (κ1) is 16.5. The number of hydrogen-bond acceptors (Lipinski definition) is 0. The van der Waals surface area contributed by atoms with Gasteiger partial charge in [-0.1, -0.05) is 117 Å². The SMILES string of the molecule is [CH2]CCCCC(c1ccccc1)(c1ccccc1)c1ccccc1. The van der Waals surface area contributed by atoms with Crippen LogP contribution in [0.4, 0.5) is 0 Å². The molecule has 0 aliphatic carbocycles. The summed E-state index contributed by atoms with van der Waals surface area (Å²) in [6.45, 7) is 4.02. The maximum Gasteiger partial charge on any atom is 0.0451 e. The summed E-state index contributed by atoms with van der Waals surface area (Å²) in [6, 6.07) is 32.8. The molecular weight excluding hydrogens is 288 g/mol. The molecule has 0 N–H and O–H groups in total. The Morgan fingerprint density at radius 3 is 1.25 bits per heavy atom. The van der Waals surface area contributed by atoms with Gasteiger partial charge in [-0.3, -0.25) is 0 Å². The van der Waals surface area contributed by atoms with Crippen LogP contribution in [0.3, 0.4) is 0 Å². The summed E-state index contributed by atoms with van der Waals surface area (Å²) < 4.78 is 0. The normalized spacial score (nSPS) is 11.4. The van der Waals surface area contributed by atoms with Gasteiger partial charge >= 0.3 is 0 Å². The van der Waals surface area contributed by atoms with E-state index in [2.05, 4.69) is 97.9 Å². The summed E-state index contributed by atoms with van der Waals surface area (Å²) in [5.74, 6) is 0. The number of unbranched alkanes of at least 4 members (excludes halogenated alkanes) is 2. The summed E-state index contributed by atoms with van der Waals surface area (Å²) in [5.41, 5.74) is 4.00. The van der Waals surface area contributed by atoms with Gasteiger partial charge in [-0.05, 0) is 23.1 Å². The smallest absolute Gasteiger partial charge is 0.0451 e. The molecule has 0 amide bonds. The Labute approximate surface area is 146 Å². The zero-order chi connectivity index (χ0) is 16.7. The monoisotopic (exact) mass is 313 g/mol. The Morgan fingerprint density at radius 1 is 0.542 bits per heavy atom. The van der Waals surface area contributed by atoms with E-state index in [-0.39, 0.29) is 5.41 Å². The van der Waals surface area contributed by atoms with Crippen LogP contribution in [0.1, 0.15) is 42.4 Å². The minimum atomic E-state index is -0.0983. The fourth-order valence-corrected chi connectivity index (χ4v) is 3.67. The second kappa shape index (κ2) is 7.97. The molecule has 0 saturated carbocycles. The largest absolute Gasteiger partial charge is 0.0622 e. The lowest BCUT2D eigenvalue weighted by Gasteiger charge is -2.36. The van der Waals surface area contributed by atoms with E-state index in [9.17, 15) is 0 Å². The van der Waals surface area contributed by atoms with Crippen molar-refractivity contribution in [3.8, 4) is 0 Å². The standard InChI is InChI=1S/C24H25/c1-2-3-13-20-24(21-14-7-4-8-15-21,22-16-9-5-10-17-22)23-18-11-6-12-19-23/h4-12,14-19H,1-3,13,20H2. The molecule has 0 aromatic heterocycles. The topological polar surface area (TPSA) is 0 Å². The Balaban J connectivity index is 2.20. The van der Waals surface area contributed by atoms with Gasteiger partial charge in [-0.15, -0.1) is 0 Å². The van der Waals surface area contributed by atoms with Crippen molar-refractivity contribution in [2.45, 2.75) is 31.1 Å². The molecule has 0 fully saturated rings. The molecule has 0 atom stereocenters. The van der Waals surface area contributed by atoms with E-state index >= 15 is 0 Å². The van der Waals surface area contributed by atoms with Crippen LogP contribution in [0.15, 0.2) is 91.0 Å². The molecule has 0 aliphatic rings. The summed E-state index contributed by atoms with van der Waals surface area (Å²) in [7, 11) is 0. The quantitative estimate of drug-likeness (QED) is 0.349. The van der Waals surface area contributed by atoms with E-state index in [0.29, 0.717) is 0 Å². The first-order valence-electron chi connectivity index (χ1n) is 8.84. The lowest BCUT2D eigenvalue weighted by atomic mass is 9.66. The van der Waals surface area contributed by atoms with Crippen molar-refractivity contribution in [1.82, 2.24) is 0 Å². The van der Waals surface area contributed by atoms with Crippen LogP contribution in [-0.2, 0) is 5.41 Å². The predicted molar refractivity (Wildman–Crippen MR) is 103 cm³/mol. The molecular formula is C24H25. The van der Waals surface area contributed by atoms with Gasteiger partial charge in [-0.25, -0.2) is 0 Å². The van der Waals surface area contributed by atoms with E-state index in [1.165, 1.54) is 23.1 Å². The molecule has 0 spiro atoms. The average Bonchev–Trinajstić information content (AvgIpc) is 2.68. The summed E-state index contributed by atoms with van der Waals surface area (Å²) in [5, 5.41) is 0. The molecule has 0 aliphatic heterocycles. The molecule has 24 heavy (non-hydrogen) atoms. The van der Waals surface area contributed by atoms with Crippen molar-refractivity contribution < 1.29 is 0 Å². The van der Waals surface area contributed by atoms with Gasteiger partial charge in [0.1, 0.15) is 0 Å². The molecule has 0 saturated heterocycles. The van der Waals surface area contributed by atoms with Crippen molar-refractivity contribution in [1.29, 1.82) is 0 Å². The van der Waals surface area contributed by atoms with Crippen LogP contribution in [-0.4, -0.2) is 0 Å². The van der Waals surface area contributed by atoms with Crippen LogP contribution >= 0.6 is 0 Å². The average molecular weight is 313 g/mol.